The van der Waals surface area contributed by atoms with Gasteiger partial charge in [-0.05, 0) is 23.1 Å². The summed E-state index contributed by atoms with van der Waals surface area (Å²) in [6.45, 7) is 10.9. The fourth-order valence-corrected chi connectivity index (χ4v) is 2.42. The molecule has 20 heavy (non-hydrogen) atoms. The molecular weight excluding hydrogens is 244 g/mol. The number of pyridine rings is 1. The van der Waals surface area contributed by atoms with E-state index in [1.807, 2.05) is 0 Å². The lowest BCUT2D eigenvalue weighted by atomic mass is 9.88. The maximum absolute atomic E-state index is 9.08. The van der Waals surface area contributed by atoms with Gasteiger partial charge in [-0.3, -0.25) is 4.98 Å². The van der Waals surface area contributed by atoms with Gasteiger partial charge in [0.05, 0.1) is 18.0 Å². The van der Waals surface area contributed by atoms with Crippen molar-refractivity contribution < 1.29 is 0 Å². The van der Waals surface area contributed by atoms with Crippen molar-refractivity contribution in [1.82, 2.24) is 4.98 Å². The Bertz CT molecular complexity index is 670. The van der Waals surface area contributed by atoms with Crippen LogP contribution >= 0.6 is 0 Å². The molecule has 104 valence electrons. The SMILES string of the molecule is CC(C)c1cccc2c(CC#N)cc(C(C)(C)C)nc12. The number of rotatable bonds is 2. The Morgan fingerprint density at radius 3 is 2.50 bits per heavy atom. The summed E-state index contributed by atoms with van der Waals surface area (Å²) in [6.07, 6.45) is 0.434. The van der Waals surface area contributed by atoms with Crippen molar-refractivity contribution in [2.45, 2.75) is 52.4 Å². The first kappa shape index (κ1) is 14.5. The average molecular weight is 266 g/mol. The summed E-state index contributed by atoms with van der Waals surface area (Å²) in [7, 11) is 0. The molecule has 0 atom stereocenters. The summed E-state index contributed by atoms with van der Waals surface area (Å²) in [5.41, 5.74) is 4.45. The third kappa shape index (κ3) is 2.67. The Hall–Kier alpha value is -1.88. The van der Waals surface area contributed by atoms with E-state index in [1.54, 1.807) is 0 Å². The monoisotopic (exact) mass is 266 g/mol. The predicted molar refractivity (Wildman–Crippen MR) is 83.8 cm³/mol. The average Bonchev–Trinajstić information content (AvgIpc) is 2.37. The van der Waals surface area contributed by atoms with Crippen LogP contribution < -0.4 is 0 Å². The molecule has 0 unspecified atom stereocenters. The van der Waals surface area contributed by atoms with E-state index in [1.165, 1.54) is 5.56 Å². The summed E-state index contributed by atoms with van der Waals surface area (Å²) in [5.74, 6) is 0.427. The van der Waals surface area contributed by atoms with Crippen LogP contribution in [0.15, 0.2) is 24.3 Å². The van der Waals surface area contributed by atoms with Crippen LogP contribution in [0, 0.1) is 11.3 Å². The van der Waals surface area contributed by atoms with Gasteiger partial charge in [-0.2, -0.15) is 5.26 Å². The molecule has 0 saturated carbocycles. The molecule has 2 heteroatoms. The molecule has 1 heterocycles. The lowest BCUT2D eigenvalue weighted by molar-refractivity contribution is 0.570. The second-order valence-corrected chi connectivity index (χ2v) is 6.65. The Balaban J connectivity index is 2.83. The number of nitriles is 1. The van der Waals surface area contributed by atoms with Crippen LogP contribution in [-0.4, -0.2) is 4.98 Å². The van der Waals surface area contributed by atoms with Crippen LogP contribution in [0.4, 0.5) is 0 Å². The number of aromatic nitrogens is 1. The molecule has 0 aliphatic heterocycles. The van der Waals surface area contributed by atoms with Crippen LogP contribution in [0.2, 0.25) is 0 Å². The smallest absolute Gasteiger partial charge is 0.0743 e. The molecule has 1 aromatic carbocycles. The van der Waals surface area contributed by atoms with E-state index in [0.29, 0.717) is 12.3 Å². The van der Waals surface area contributed by atoms with Gasteiger partial charge in [-0.25, -0.2) is 0 Å². The van der Waals surface area contributed by atoms with Crippen molar-refractivity contribution in [3.63, 3.8) is 0 Å². The summed E-state index contributed by atoms with van der Waals surface area (Å²) in [6, 6.07) is 10.7. The second kappa shape index (κ2) is 5.25. The highest BCUT2D eigenvalue weighted by Gasteiger charge is 2.19. The fraction of sp³-hybridized carbons (Fsp3) is 0.444. The van der Waals surface area contributed by atoms with Gasteiger partial charge >= 0.3 is 0 Å². The molecule has 1 aromatic heterocycles. The molecular formula is C18H22N2. The molecule has 0 radical (unpaired) electrons. The van der Waals surface area contributed by atoms with Crippen molar-refractivity contribution >= 4 is 10.9 Å². The molecule has 0 N–H and O–H groups in total. The van der Waals surface area contributed by atoms with Crippen molar-refractivity contribution in [2.75, 3.05) is 0 Å². The molecule has 0 saturated heterocycles. The fourth-order valence-electron chi connectivity index (χ4n) is 2.42. The molecule has 0 amide bonds. The third-order valence-electron chi connectivity index (χ3n) is 3.62. The predicted octanol–water partition coefficient (Wildman–Crippen LogP) is 4.72. The molecule has 2 rings (SSSR count). The summed E-state index contributed by atoms with van der Waals surface area (Å²) in [5, 5.41) is 10.2. The highest BCUT2D eigenvalue weighted by atomic mass is 14.7. The van der Waals surface area contributed by atoms with E-state index in [2.05, 4.69) is 65.0 Å². The first-order valence-electron chi connectivity index (χ1n) is 7.14. The van der Waals surface area contributed by atoms with Crippen molar-refractivity contribution in [3.8, 4) is 6.07 Å². The van der Waals surface area contributed by atoms with E-state index in [4.69, 9.17) is 10.2 Å². The molecule has 2 nitrogen and oxygen atoms in total. The highest BCUT2D eigenvalue weighted by molar-refractivity contribution is 5.86. The summed E-state index contributed by atoms with van der Waals surface area (Å²) < 4.78 is 0. The summed E-state index contributed by atoms with van der Waals surface area (Å²) in [4.78, 5) is 4.90. The Kier molecular flexibility index (Phi) is 3.81. The van der Waals surface area contributed by atoms with E-state index in [0.717, 1.165) is 22.2 Å². The van der Waals surface area contributed by atoms with Gasteiger partial charge in [0.15, 0.2) is 0 Å². The minimum Gasteiger partial charge on any atom is -0.252 e. The van der Waals surface area contributed by atoms with Gasteiger partial charge in [0.2, 0.25) is 0 Å². The Labute approximate surface area is 121 Å². The maximum Gasteiger partial charge on any atom is 0.0743 e. The van der Waals surface area contributed by atoms with Crippen LogP contribution in [0.1, 0.15) is 57.4 Å². The number of hydrogen-bond donors (Lipinski definition) is 0. The highest BCUT2D eigenvalue weighted by Crippen LogP contribution is 2.30. The first-order valence-corrected chi connectivity index (χ1v) is 7.14. The first-order chi connectivity index (χ1) is 9.34. The second-order valence-electron chi connectivity index (χ2n) is 6.65. The minimum absolute atomic E-state index is 0.0114. The van der Waals surface area contributed by atoms with E-state index in [-0.39, 0.29) is 5.41 Å². The van der Waals surface area contributed by atoms with Crippen LogP contribution in [0.5, 0.6) is 0 Å². The number of para-hydroxylation sites is 1. The molecule has 0 aliphatic carbocycles. The topological polar surface area (TPSA) is 36.7 Å². The zero-order valence-corrected chi connectivity index (χ0v) is 13.0. The van der Waals surface area contributed by atoms with Crippen LogP contribution in [0.25, 0.3) is 10.9 Å². The molecule has 0 aliphatic rings. The van der Waals surface area contributed by atoms with E-state index in [9.17, 15) is 0 Å². The third-order valence-corrected chi connectivity index (χ3v) is 3.62. The standard InChI is InChI=1S/C18H22N2/c1-12(2)14-7-6-8-15-13(9-10-19)11-16(18(3,4)5)20-17(14)15/h6-8,11-12H,9H2,1-5H3. The minimum atomic E-state index is -0.0114. The van der Waals surface area contributed by atoms with Gasteiger partial charge in [0, 0.05) is 16.5 Å². The zero-order chi connectivity index (χ0) is 14.9. The number of benzene rings is 1. The molecule has 2 aromatic rings. The molecule has 0 spiro atoms. The van der Waals surface area contributed by atoms with Crippen molar-refractivity contribution in [3.05, 3.63) is 41.1 Å². The lowest BCUT2D eigenvalue weighted by Crippen LogP contribution is -2.14. The quantitative estimate of drug-likeness (QED) is 0.788. The van der Waals surface area contributed by atoms with Crippen LogP contribution in [-0.2, 0) is 11.8 Å². The molecule has 0 bridgehead atoms. The zero-order valence-electron chi connectivity index (χ0n) is 13.0. The van der Waals surface area contributed by atoms with Crippen LogP contribution in [0.3, 0.4) is 0 Å². The van der Waals surface area contributed by atoms with Gasteiger partial charge in [0.25, 0.3) is 0 Å². The van der Waals surface area contributed by atoms with E-state index < -0.39 is 0 Å². The van der Waals surface area contributed by atoms with Gasteiger partial charge < -0.3 is 0 Å². The number of nitrogens with zero attached hydrogens (tertiary/aromatic N) is 2. The normalized spacial score (nSPS) is 11.8. The Morgan fingerprint density at radius 1 is 1.25 bits per heavy atom. The van der Waals surface area contributed by atoms with Gasteiger partial charge in [-0.15, -0.1) is 0 Å². The summed E-state index contributed by atoms with van der Waals surface area (Å²) >= 11 is 0. The number of hydrogen-bond acceptors (Lipinski definition) is 2. The van der Waals surface area contributed by atoms with Crippen molar-refractivity contribution in [1.29, 1.82) is 5.26 Å². The molecule has 0 fully saturated rings. The largest absolute Gasteiger partial charge is 0.252 e. The van der Waals surface area contributed by atoms with E-state index >= 15 is 0 Å². The lowest BCUT2D eigenvalue weighted by Gasteiger charge is -2.21. The number of fused-ring (bicyclic) bond motifs is 1. The van der Waals surface area contributed by atoms with Gasteiger partial charge in [0.1, 0.15) is 0 Å². The van der Waals surface area contributed by atoms with Gasteiger partial charge in [-0.1, -0.05) is 52.8 Å². The van der Waals surface area contributed by atoms with Crippen molar-refractivity contribution in [2.24, 2.45) is 0 Å². The maximum atomic E-state index is 9.08. The Morgan fingerprint density at radius 2 is 1.95 bits per heavy atom.